The van der Waals surface area contributed by atoms with E-state index in [1.165, 1.54) is 44.1 Å². The normalized spacial score (nSPS) is 12.5. The highest BCUT2D eigenvalue weighted by Gasteiger charge is 2.06. The second-order valence-electron chi connectivity index (χ2n) is 5.16. The zero-order chi connectivity index (χ0) is 13.8. The number of rotatable bonds is 11. The SMILES string of the molecule is CCCCCCCC(CC)ONCc1ccccc1. The molecular weight excluding hydrogens is 234 g/mol. The average Bonchev–Trinajstić information content (AvgIpc) is 2.46. The van der Waals surface area contributed by atoms with Gasteiger partial charge in [0.1, 0.15) is 0 Å². The number of hydrogen-bond donors (Lipinski definition) is 1. The molecule has 1 aromatic carbocycles. The van der Waals surface area contributed by atoms with Crippen LogP contribution in [0.5, 0.6) is 0 Å². The third-order valence-corrected chi connectivity index (χ3v) is 3.45. The smallest absolute Gasteiger partial charge is 0.0787 e. The summed E-state index contributed by atoms with van der Waals surface area (Å²) in [6, 6.07) is 10.4. The maximum atomic E-state index is 5.75. The molecule has 1 aromatic rings. The zero-order valence-electron chi connectivity index (χ0n) is 12.5. The number of nitrogens with one attached hydrogen (secondary N) is 1. The maximum absolute atomic E-state index is 5.75. The van der Waals surface area contributed by atoms with E-state index >= 15 is 0 Å². The van der Waals surface area contributed by atoms with Crippen molar-refractivity contribution in [1.82, 2.24) is 5.48 Å². The molecule has 2 nitrogen and oxygen atoms in total. The van der Waals surface area contributed by atoms with E-state index in [1.807, 2.05) is 6.07 Å². The molecule has 0 fully saturated rings. The van der Waals surface area contributed by atoms with E-state index in [9.17, 15) is 0 Å². The topological polar surface area (TPSA) is 21.3 Å². The van der Waals surface area contributed by atoms with Crippen LogP contribution in [0, 0.1) is 0 Å². The van der Waals surface area contributed by atoms with Crippen molar-refractivity contribution in [2.24, 2.45) is 0 Å². The second kappa shape index (κ2) is 11.0. The minimum absolute atomic E-state index is 0.352. The van der Waals surface area contributed by atoms with E-state index in [0.717, 1.165) is 13.0 Å². The van der Waals surface area contributed by atoms with Crippen LogP contribution in [0.2, 0.25) is 0 Å². The molecule has 1 unspecified atom stereocenters. The van der Waals surface area contributed by atoms with Crippen molar-refractivity contribution in [2.75, 3.05) is 0 Å². The fourth-order valence-electron chi connectivity index (χ4n) is 2.16. The molecule has 0 aliphatic heterocycles. The molecule has 0 radical (unpaired) electrons. The Morgan fingerprint density at radius 3 is 2.42 bits per heavy atom. The quantitative estimate of drug-likeness (QED) is 0.455. The first-order valence-electron chi connectivity index (χ1n) is 7.79. The summed E-state index contributed by atoms with van der Waals surface area (Å²) < 4.78 is 0. The summed E-state index contributed by atoms with van der Waals surface area (Å²) in [5, 5.41) is 0. The van der Waals surface area contributed by atoms with Crippen molar-refractivity contribution in [3.8, 4) is 0 Å². The zero-order valence-corrected chi connectivity index (χ0v) is 12.5. The van der Waals surface area contributed by atoms with Gasteiger partial charge in [0, 0.05) is 6.54 Å². The van der Waals surface area contributed by atoms with Gasteiger partial charge in [-0.25, -0.2) is 0 Å². The van der Waals surface area contributed by atoms with Crippen molar-refractivity contribution in [1.29, 1.82) is 0 Å². The first-order chi connectivity index (χ1) is 9.36. The van der Waals surface area contributed by atoms with Gasteiger partial charge in [-0.15, -0.1) is 0 Å². The molecule has 19 heavy (non-hydrogen) atoms. The molecule has 0 aliphatic rings. The Bertz CT molecular complexity index is 299. The summed E-state index contributed by atoms with van der Waals surface area (Å²) in [6.45, 7) is 5.24. The highest BCUT2D eigenvalue weighted by Crippen LogP contribution is 2.11. The van der Waals surface area contributed by atoms with Gasteiger partial charge in [-0.1, -0.05) is 76.3 Å². The van der Waals surface area contributed by atoms with Gasteiger partial charge in [0.25, 0.3) is 0 Å². The average molecular weight is 263 g/mol. The van der Waals surface area contributed by atoms with Crippen LogP contribution >= 0.6 is 0 Å². The van der Waals surface area contributed by atoms with Crippen LogP contribution in [0.1, 0.15) is 64.4 Å². The lowest BCUT2D eigenvalue weighted by molar-refractivity contribution is -0.0352. The Hall–Kier alpha value is -0.860. The maximum Gasteiger partial charge on any atom is 0.0787 e. The van der Waals surface area contributed by atoms with E-state index in [2.05, 4.69) is 43.6 Å². The monoisotopic (exact) mass is 263 g/mol. The first-order valence-corrected chi connectivity index (χ1v) is 7.79. The number of hydroxylamine groups is 1. The third kappa shape index (κ3) is 8.02. The second-order valence-corrected chi connectivity index (χ2v) is 5.16. The van der Waals surface area contributed by atoms with Gasteiger partial charge in [0.15, 0.2) is 0 Å². The van der Waals surface area contributed by atoms with Gasteiger partial charge in [-0.05, 0) is 18.4 Å². The highest BCUT2D eigenvalue weighted by molar-refractivity contribution is 5.13. The minimum Gasteiger partial charge on any atom is -0.298 e. The fourth-order valence-corrected chi connectivity index (χ4v) is 2.16. The Labute approximate surface area is 118 Å². The van der Waals surface area contributed by atoms with Crippen LogP contribution in [0.3, 0.4) is 0 Å². The molecule has 0 saturated heterocycles. The van der Waals surface area contributed by atoms with Crippen LogP contribution in [0.15, 0.2) is 30.3 Å². The molecule has 0 aliphatic carbocycles. The highest BCUT2D eigenvalue weighted by atomic mass is 16.7. The van der Waals surface area contributed by atoms with Crippen LogP contribution in [0.25, 0.3) is 0 Å². The van der Waals surface area contributed by atoms with Crippen LogP contribution in [-0.2, 0) is 11.4 Å². The van der Waals surface area contributed by atoms with Gasteiger partial charge in [0.05, 0.1) is 6.10 Å². The third-order valence-electron chi connectivity index (χ3n) is 3.45. The molecule has 0 heterocycles. The largest absolute Gasteiger partial charge is 0.298 e. The lowest BCUT2D eigenvalue weighted by Crippen LogP contribution is -2.23. The lowest BCUT2D eigenvalue weighted by Gasteiger charge is -2.16. The Morgan fingerprint density at radius 2 is 1.74 bits per heavy atom. The molecule has 1 atom stereocenters. The van der Waals surface area contributed by atoms with Crippen molar-refractivity contribution in [3.05, 3.63) is 35.9 Å². The molecular formula is C17H29NO. The Morgan fingerprint density at radius 1 is 1.00 bits per heavy atom. The molecule has 0 amide bonds. The van der Waals surface area contributed by atoms with Gasteiger partial charge in [0.2, 0.25) is 0 Å². The van der Waals surface area contributed by atoms with Crippen molar-refractivity contribution >= 4 is 0 Å². The van der Waals surface area contributed by atoms with Gasteiger partial charge in [-0.3, -0.25) is 4.84 Å². The molecule has 0 saturated carbocycles. The predicted octanol–water partition coefficient (Wildman–Crippen LogP) is 4.85. The standard InChI is InChI=1S/C17H29NO/c1-3-5-6-7-11-14-17(4-2)19-18-15-16-12-9-8-10-13-16/h8-10,12-13,17-18H,3-7,11,14-15H2,1-2H3. The first kappa shape index (κ1) is 16.2. The van der Waals surface area contributed by atoms with E-state index in [0.29, 0.717) is 6.10 Å². The molecule has 1 N–H and O–H groups in total. The van der Waals surface area contributed by atoms with Crippen molar-refractivity contribution in [3.63, 3.8) is 0 Å². The molecule has 1 rings (SSSR count). The number of unbranched alkanes of at least 4 members (excludes halogenated alkanes) is 4. The fraction of sp³-hybridized carbons (Fsp3) is 0.647. The summed E-state index contributed by atoms with van der Waals surface area (Å²) in [7, 11) is 0. The number of hydrogen-bond acceptors (Lipinski definition) is 2. The summed E-state index contributed by atoms with van der Waals surface area (Å²) in [6.07, 6.45) is 9.26. The molecule has 0 aromatic heterocycles. The van der Waals surface area contributed by atoms with Gasteiger partial charge in [-0.2, -0.15) is 5.48 Å². The number of benzene rings is 1. The van der Waals surface area contributed by atoms with Crippen molar-refractivity contribution < 1.29 is 4.84 Å². The summed E-state index contributed by atoms with van der Waals surface area (Å²) in [4.78, 5) is 5.75. The van der Waals surface area contributed by atoms with Gasteiger partial charge >= 0.3 is 0 Å². The van der Waals surface area contributed by atoms with E-state index in [4.69, 9.17) is 4.84 Å². The molecule has 2 heteroatoms. The summed E-state index contributed by atoms with van der Waals surface area (Å²) in [5.74, 6) is 0. The van der Waals surface area contributed by atoms with E-state index < -0.39 is 0 Å². The summed E-state index contributed by atoms with van der Waals surface area (Å²) >= 11 is 0. The Kier molecular flexibility index (Phi) is 9.38. The van der Waals surface area contributed by atoms with Crippen LogP contribution in [-0.4, -0.2) is 6.10 Å². The molecule has 108 valence electrons. The minimum atomic E-state index is 0.352. The van der Waals surface area contributed by atoms with E-state index in [-0.39, 0.29) is 0 Å². The molecule has 0 spiro atoms. The Balaban J connectivity index is 2.08. The van der Waals surface area contributed by atoms with Crippen LogP contribution in [0.4, 0.5) is 0 Å². The molecule has 0 bridgehead atoms. The van der Waals surface area contributed by atoms with E-state index in [1.54, 1.807) is 0 Å². The lowest BCUT2D eigenvalue weighted by atomic mass is 10.1. The van der Waals surface area contributed by atoms with Crippen molar-refractivity contribution in [2.45, 2.75) is 71.4 Å². The van der Waals surface area contributed by atoms with Crippen LogP contribution < -0.4 is 5.48 Å². The van der Waals surface area contributed by atoms with Gasteiger partial charge < -0.3 is 0 Å². The predicted molar refractivity (Wildman–Crippen MR) is 81.8 cm³/mol. The summed E-state index contributed by atoms with van der Waals surface area (Å²) in [5.41, 5.74) is 4.37.